The fourth-order valence-electron chi connectivity index (χ4n) is 6.07. The lowest BCUT2D eigenvalue weighted by Gasteiger charge is -2.22. The second-order valence-corrected chi connectivity index (χ2v) is 13.9. The number of hydrogen-bond donors (Lipinski definition) is 0. The third kappa shape index (κ3) is 26.1. The molecular weight excluding hydrogens is 482 g/mol. The predicted octanol–water partition coefficient (Wildman–Crippen LogP) is 13.2. The normalized spacial score (nSPS) is 11.9. The van der Waals surface area contributed by atoms with Crippen molar-refractivity contribution in [2.45, 2.75) is 188 Å². The maximum Gasteiger partial charge on any atom is 0.0233 e. The Kier molecular flexibility index (Phi) is 26.3. The summed E-state index contributed by atoms with van der Waals surface area (Å²) in [6.07, 6.45) is 34.6. The van der Waals surface area contributed by atoms with Crippen molar-refractivity contribution in [2.75, 3.05) is 13.1 Å². The maximum atomic E-state index is 2.74. The monoisotopic (exact) mass is 556 g/mol. The summed E-state index contributed by atoms with van der Waals surface area (Å²) in [4.78, 5) is 2.74. The van der Waals surface area contributed by atoms with Gasteiger partial charge in [-0.2, -0.15) is 0 Å². The van der Waals surface area contributed by atoms with Gasteiger partial charge in [0.15, 0.2) is 0 Å². The summed E-state index contributed by atoms with van der Waals surface area (Å²) < 4.78 is 0. The topological polar surface area (TPSA) is 3.24 Å². The molecule has 0 saturated carbocycles. The van der Waals surface area contributed by atoms with E-state index < -0.39 is 0 Å². The van der Waals surface area contributed by atoms with Crippen molar-refractivity contribution in [1.29, 1.82) is 0 Å². The van der Waals surface area contributed by atoms with Crippen molar-refractivity contribution in [1.82, 2.24) is 4.90 Å². The smallest absolute Gasteiger partial charge is 0.0233 e. The quantitative estimate of drug-likeness (QED) is 0.0853. The first-order valence-electron chi connectivity index (χ1n) is 18.3. The lowest BCUT2D eigenvalue weighted by molar-refractivity contribution is 0.252. The molecule has 0 atom stereocenters. The van der Waals surface area contributed by atoms with E-state index in [1.807, 2.05) is 0 Å². The van der Waals surface area contributed by atoms with E-state index in [0.29, 0.717) is 0 Å². The standard InChI is InChI=1S/C39H73N/c1-37(2)30-24-19-15-11-7-5-9-13-17-21-28-34-40(36-39-32-26-23-27-33-39)35-29-22-18-14-10-6-8-12-16-20-25-31-38(3)4/h23,26-27,32-33,37-38H,5-22,24-25,28-31,34-36H2,1-4H3. The van der Waals surface area contributed by atoms with Gasteiger partial charge in [-0.3, -0.25) is 4.90 Å². The Morgan fingerprint density at radius 1 is 0.400 bits per heavy atom. The molecule has 0 amide bonds. The molecule has 234 valence electrons. The van der Waals surface area contributed by atoms with E-state index in [4.69, 9.17) is 0 Å². The zero-order chi connectivity index (χ0) is 28.9. The molecule has 0 aromatic heterocycles. The van der Waals surface area contributed by atoms with Gasteiger partial charge in [-0.05, 0) is 43.3 Å². The van der Waals surface area contributed by atoms with Crippen LogP contribution < -0.4 is 0 Å². The van der Waals surface area contributed by atoms with Crippen LogP contribution in [0.3, 0.4) is 0 Å². The Balaban J connectivity index is 2.03. The van der Waals surface area contributed by atoms with Crippen LogP contribution in [0, 0.1) is 11.8 Å². The van der Waals surface area contributed by atoms with Crippen molar-refractivity contribution in [2.24, 2.45) is 11.8 Å². The van der Waals surface area contributed by atoms with E-state index in [9.17, 15) is 0 Å². The van der Waals surface area contributed by atoms with Gasteiger partial charge in [0.1, 0.15) is 0 Å². The molecule has 1 heteroatoms. The van der Waals surface area contributed by atoms with Crippen LogP contribution >= 0.6 is 0 Å². The molecule has 40 heavy (non-hydrogen) atoms. The van der Waals surface area contributed by atoms with Gasteiger partial charge in [0, 0.05) is 6.54 Å². The van der Waals surface area contributed by atoms with Crippen LogP contribution in [0.1, 0.15) is 187 Å². The minimum atomic E-state index is 0.883. The maximum absolute atomic E-state index is 2.74. The second kappa shape index (κ2) is 28.3. The molecule has 0 aliphatic heterocycles. The van der Waals surface area contributed by atoms with Crippen LogP contribution in [0.5, 0.6) is 0 Å². The van der Waals surface area contributed by atoms with Crippen molar-refractivity contribution in [3.05, 3.63) is 35.9 Å². The largest absolute Gasteiger partial charge is 0.299 e. The van der Waals surface area contributed by atoms with Gasteiger partial charge in [-0.25, -0.2) is 0 Å². The molecule has 1 aromatic carbocycles. The summed E-state index contributed by atoms with van der Waals surface area (Å²) in [6, 6.07) is 11.2. The van der Waals surface area contributed by atoms with E-state index >= 15 is 0 Å². The molecular formula is C39H73N. The summed E-state index contributed by atoms with van der Waals surface area (Å²) in [6.45, 7) is 13.1. The molecule has 0 saturated heterocycles. The molecule has 1 nitrogen and oxygen atoms in total. The van der Waals surface area contributed by atoms with Crippen LogP contribution in [0.25, 0.3) is 0 Å². The minimum absolute atomic E-state index is 0.883. The predicted molar refractivity (Wildman–Crippen MR) is 182 cm³/mol. The van der Waals surface area contributed by atoms with Crippen molar-refractivity contribution >= 4 is 0 Å². The summed E-state index contributed by atoms with van der Waals surface area (Å²) in [5.74, 6) is 1.77. The number of rotatable bonds is 30. The first kappa shape index (κ1) is 37.2. The van der Waals surface area contributed by atoms with Crippen molar-refractivity contribution in [3.63, 3.8) is 0 Å². The summed E-state index contributed by atoms with van der Waals surface area (Å²) in [5, 5.41) is 0. The first-order valence-corrected chi connectivity index (χ1v) is 18.3. The van der Waals surface area contributed by atoms with E-state index in [-0.39, 0.29) is 0 Å². The first-order chi connectivity index (χ1) is 19.6. The van der Waals surface area contributed by atoms with Gasteiger partial charge >= 0.3 is 0 Å². The van der Waals surface area contributed by atoms with E-state index in [1.54, 1.807) is 0 Å². The highest BCUT2D eigenvalue weighted by Crippen LogP contribution is 2.16. The Bertz CT molecular complexity index is 572. The van der Waals surface area contributed by atoms with Gasteiger partial charge < -0.3 is 0 Å². The van der Waals surface area contributed by atoms with Gasteiger partial charge in [-0.15, -0.1) is 0 Å². The molecule has 0 N–H and O–H groups in total. The zero-order valence-corrected chi connectivity index (χ0v) is 28.1. The number of benzene rings is 1. The fourth-order valence-corrected chi connectivity index (χ4v) is 6.07. The third-order valence-electron chi connectivity index (χ3n) is 8.76. The van der Waals surface area contributed by atoms with Crippen molar-refractivity contribution in [3.8, 4) is 0 Å². The van der Waals surface area contributed by atoms with Gasteiger partial charge in [0.2, 0.25) is 0 Å². The highest BCUT2D eigenvalue weighted by molar-refractivity contribution is 5.14. The van der Waals surface area contributed by atoms with Crippen LogP contribution in [0.2, 0.25) is 0 Å². The average Bonchev–Trinajstić information content (AvgIpc) is 2.93. The Morgan fingerprint density at radius 2 is 0.700 bits per heavy atom. The van der Waals surface area contributed by atoms with Gasteiger partial charge in [0.25, 0.3) is 0 Å². The second-order valence-electron chi connectivity index (χ2n) is 13.9. The van der Waals surface area contributed by atoms with Crippen molar-refractivity contribution < 1.29 is 0 Å². The summed E-state index contributed by atoms with van der Waals surface area (Å²) >= 11 is 0. The Morgan fingerprint density at radius 3 is 1.02 bits per heavy atom. The molecule has 0 aliphatic carbocycles. The van der Waals surface area contributed by atoms with E-state index in [2.05, 4.69) is 62.9 Å². The third-order valence-corrected chi connectivity index (χ3v) is 8.76. The van der Waals surface area contributed by atoms with Crippen LogP contribution in [0.15, 0.2) is 30.3 Å². The molecule has 0 fully saturated rings. The lowest BCUT2D eigenvalue weighted by atomic mass is 10.0. The molecule has 0 heterocycles. The molecule has 0 aliphatic rings. The van der Waals surface area contributed by atoms with E-state index in [0.717, 1.165) is 18.4 Å². The fraction of sp³-hybridized carbons (Fsp3) is 0.846. The molecule has 0 spiro atoms. The Hall–Kier alpha value is -0.820. The van der Waals surface area contributed by atoms with Crippen LogP contribution in [-0.2, 0) is 6.54 Å². The lowest BCUT2D eigenvalue weighted by Crippen LogP contribution is -2.25. The summed E-state index contributed by atoms with van der Waals surface area (Å²) in [7, 11) is 0. The van der Waals surface area contributed by atoms with Crippen LogP contribution in [-0.4, -0.2) is 18.0 Å². The van der Waals surface area contributed by atoms with Gasteiger partial charge in [0.05, 0.1) is 0 Å². The highest BCUT2D eigenvalue weighted by atomic mass is 15.1. The van der Waals surface area contributed by atoms with Gasteiger partial charge in [-0.1, -0.05) is 199 Å². The molecule has 0 radical (unpaired) electrons. The highest BCUT2D eigenvalue weighted by Gasteiger charge is 2.06. The summed E-state index contributed by atoms with van der Waals surface area (Å²) in [5.41, 5.74) is 1.48. The molecule has 1 rings (SSSR count). The number of unbranched alkanes of at least 4 members (excludes halogenated alkanes) is 20. The molecule has 0 bridgehead atoms. The average molecular weight is 556 g/mol. The number of nitrogens with zero attached hydrogens (tertiary/aromatic N) is 1. The minimum Gasteiger partial charge on any atom is -0.299 e. The number of hydrogen-bond acceptors (Lipinski definition) is 1. The van der Waals surface area contributed by atoms with Crippen LogP contribution in [0.4, 0.5) is 0 Å². The molecule has 0 unspecified atom stereocenters. The van der Waals surface area contributed by atoms with E-state index in [1.165, 1.54) is 173 Å². The molecule has 1 aromatic rings. The SMILES string of the molecule is CC(C)CCCCCCCCCCCCCN(CCCCCCCCCCCCCC(C)C)Cc1ccccc1. The Labute approximate surface area is 253 Å². The zero-order valence-electron chi connectivity index (χ0n) is 28.1.